The van der Waals surface area contributed by atoms with Gasteiger partial charge in [0.05, 0.1) is 18.3 Å². The Morgan fingerprint density at radius 3 is 2.88 bits per heavy atom. The number of aromatic nitrogens is 3. The standard InChI is InChI=1S/C19H23N5O2/c1-23-9-5-15(12-26-17-4-2-3-6-22-17)10-19(23)13-24(14-19)18(25)16-11-20-7-8-21-16/h2-4,6-8,11,15H,5,9-10,12-14H2,1H3. The van der Waals surface area contributed by atoms with Gasteiger partial charge in [-0.25, -0.2) is 9.97 Å². The average Bonchev–Trinajstić information content (AvgIpc) is 2.67. The maximum absolute atomic E-state index is 12.5. The third-order valence-corrected chi connectivity index (χ3v) is 5.50. The number of piperidine rings is 1. The van der Waals surface area contributed by atoms with Gasteiger partial charge in [-0.3, -0.25) is 14.7 Å². The lowest BCUT2D eigenvalue weighted by atomic mass is 9.75. The molecule has 0 aromatic carbocycles. The second-order valence-corrected chi connectivity index (χ2v) is 7.24. The first-order valence-corrected chi connectivity index (χ1v) is 8.97. The number of pyridine rings is 1. The van der Waals surface area contributed by atoms with E-state index >= 15 is 0 Å². The summed E-state index contributed by atoms with van der Waals surface area (Å²) in [5.41, 5.74) is 0.463. The molecule has 0 bridgehead atoms. The van der Waals surface area contributed by atoms with Crippen LogP contribution in [0.2, 0.25) is 0 Å². The third-order valence-electron chi connectivity index (χ3n) is 5.50. The van der Waals surface area contributed by atoms with E-state index in [4.69, 9.17) is 4.74 Å². The topological polar surface area (TPSA) is 71.5 Å². The number of carbonyl (C=O) groups excluding carboxylic acids is 1. The van der Waals surface area contributed by atoms with E-state index in [-0.39, 0.29) is 11.4 Å². The first kappa shape index (κ1) is 16.9. The highest BCUT2D eigenvalue weighted by Crippen LogP contribution is 2.38. The molecule has 136 valence electrons. The van der Waals surface area contributed by atoms with E-state index in [1.165, 1.54) is 6.20 Å². The fourth-order valence-electron chi connectivity index (χ4n) is 3.94. The molecule has 2 aromatic heterocycles. The number of carbonyl (C=O) groups is 1. The number of hydrogen-bond donors (Lipinski definition) is 0. The Morgan fingerprint density at radius 1 is 1.27 bits per heavy atom. The molecule has 1 unspecified atom stereocenters. The van der Waals surface area contributed by atoms with Crippen LogP contribution in [0.4, 0.5) is 0 Å². The molecule has 7 nitrogen and oxygen atoms in total. The average molecular weight is 353 g/mol. The van der Waals surface area contributed by atoms with Crippen LogP contribution in [0.3, 0.4) is 0 Å². The molecule has 4 heterocycles. The number of amides is 1. The van der Waals surface area contributed by atoms with Gasteiger partial charge >= 0.3 is 0 Å². The van der Waals surface area contributed by atoms with Crippen molar-refractivity contribution < 1.29 is 9.53 Å². The van der Waals surface area contributed by atoms with E-state index in [2.05, 4.69) is 26.9 Å². The largest absolute Gasteiger partial charge is 0.477 e. The van der Waals surface area contributed by atoms with Crippen LogP contribution in [-0.4, -0.2) is 69.5 Å². The van der Waals surface area contributed by atoms with E-state index in [1.807, 2.05) is 23.1 Å². The summed E-state index contributed by atoms with van der Waals surface area (Å²) in [5.74, 6) is 1.11. The molecule has 0 aliphatic carbocycles. The molecule has 2 aliphatic heterocycles. The normalized spacial score (nSPS) is 22.0. The van der Waals surface area contributed by atoms with Crippen LogP contribution in [0.5, 0.6) is 5.88 Å². The highest BCUT2D eigenvalue weighted by atomic mass is 16.5. The Kier molecular flexibility index (Phi) is 4.55. The first-order chi connectivity index (χ1) is 12.7. The van der Waals surface area contributed by atoms with Crippen LogP contribution in [0.15, 0.2) is 43.0 Å². The lowest BCUT2D eigenvalue weighted by Crippen LogP contribution is -2.72. The lowest BCUT2D eigenvalue weighted by Gasteiger charge is -2.58. The number of ether oxygens (including phenoxy) is 1. The molecule has 2 aliphatic rings. The van der Waals surface area contributed by atoms with Gasteiger partial charge in [0.25, 0.3) is 5.91 Å². The molecular weight excluding hydrogens is 330 g/mol. The van der Waals surface area contributed by atoms with Crippen LogP contribution in [0, 0.1) is 5.92 Å². The van der Waals surface area contributed by atoms with Gasteiger partial charge in [0.1, 0.15) is 5.69 Å². The van der Waals surface area contributed by atoms with Gasteiger partial charge in [0, 0.05) is 37.7 Å². The van der Waals surface area contributed by atoms with Crippen LogP contribution in [0.1, 0.15) is 23.3 Å². The third kappa shape index (κ3) is 3.26. The van der Waals surface area contributed by atoms with E-state index in [0.29, 0.717) is 24.1 Å². The molecule has 0 N–H and O–H groups in total. The molecule has 4 rings (SSSR count). The van der Waals surface area contributed by atoms with Gasteiger partial charge < -0.3 is 9.64 Å². The van der Waals surface area contributed by atoms with Crippen LogP contribution >= 0.6 is 0 Å². The van der Waals surface area contributed by atoms with Crippen LogP contribution in [-0.2, 0) is 0 Å². The number of hydrogen-bond acceptors (Lipinski definition) is 6. The van der Waals surface area contributed by atoms with Crippen molar-refractivity contribution in [3.63, 3.8) is 0 Å². The number of nitrogens with zero attached hydrogens (tertiary/aromatic N) is 5. The van der Waals surface area contributed by atoms with Gasteiger partial charge in [-0.15, -0.1) is 0 Å². The summed E-state index contributed by atoms with van der Waals surface area (Å²) in [4.78, 5) is 29.1. The maximum atomic E-state index is 12.5. The molecule has 2 saturated heterocycles. The molecule has 7 heteroatoms. The number of likely N-dealkylation sites (tertiary alicyclic amines) is 2. The molecule has 0 saturated carbocycles. The van der Waals surface area contributed by atoms with Gasteiger partial charge in [-0.05, 0) is 38.4 Å². The van der Waals surface area contributed by atoms with Gasteiger partial charge in [-0.1, -0.05) is 6.07 Å². The van der Waals surface area contributed by atoms with Crippen molar-refractivity contribution in [1.29, 1.82) is 0 Å². The second-order valence-electron chi connectivity index (χ2n) is 7.24. The Hall–Kier alpha value is -2.54. The Morgan fingerprint density at radius 2 is 2.15 bits per heavy atom. The summed E-state index contributed by atoms with van der Waals surface area (Å²) in [6.07, 6.45) is 8.54. The summed E-state index contributed by atoms with van der Waals surface area (Å²) in [5, 5.41) is 0. The smallest absolute Gasteiger partial charge is 0.274 e. The number of likely N-dealkylation sites (N-methyl/N-ethyl adjacent to an activating group) is 1. The highest BCUT2D eigenvalue weighted by molar-refractivity contribution is 5.92. The van der Waals surface area contributed by atoms with Crippen molar-refractivity contribution in [2.24, 2.45) is 5.92 Å². The quantitative estimate of drug-likeness (QED) is 0.829. The maximum Gasteiger partial charge on any atom is 0.274 e. The van der Waals surface area contributed by atoms with E-state index in [1.54, 1.807) is 18.6 Å². The zero-order valence-electron chi connectivity index (χ0n) is 14.9. The predicted molar refractivity (Wildman–Crippen MR) is 95.8 cm³/mol. The molecule has 0 radical (unpaired) electrons. The molecule has 1 spiro atoms. The van der Waals surface area contributed by atoms with Crippen molar-refractivity contribution in [2.45, 2.75) is 18.4 Å². The van der Waals surface area contributed by atoms with Crippen molar-refractivity contribution in [3.8, 4) is 5.88 Å². The Balaban J connectivity index is 1.35. The molecule has 1 amide bonds. The van der Waals surface area contributed by atoms with Gasteiger partial charge in [-0.2, -0.15) is 0 Å². The second kappa shape index (κ2) is 6.99. The van der Waals surface area contributed by atoms with E-state index in [0.717, 1.165) is 32.5 Å². The minimum absolute atomic E-state index is 0.0380. The molecular formula is C19H23N5O2. The monoisotopic (exact) mass is 353 g/mol. The van der Waals surface area contributed by atoms with E-state index in [9.17, 15) is 4.79 Å². The summed E-state index contributed by atoms with van der Waals surface area (Å²) in [6.45, 7) is 3.16. The van der Waals surface area contributed by atoms with Gasteiger partial charge in [0.2, 0.25) is 5.88 Å². The van der Waals surface area contributed by atoms with Crippen molar-refractivity contribution in [1.82, 2.24) is 24.8 Å². The molecule has 2 fully saturated rings. The SMILES string of the molecule is CN1CCC(COc2ccccn2)CC12CN(C(=O)c1cnccn1)C2. The summed E-state index contributed by atoms with van der Waals surface area (Å²) in [6, 6.07) is 5.70. The molecule has 2 aromatic rings. The summed E-state index contributed by atoms with van der Waals surface area (Å²) >= 11 is 0. The van der Waals surface area contributed by atoms with Crippen molar-refractivity contribution >= 4 is 5.91 Å². The molecule has 1 atom stereocenters. The minimum atomic E-state index is -0.0380. The number of rotatable bonds is 4. The highest BCUT2D eigenvalue weighted by Gasteiger charge is 2.51. The predicted octanol–water partition coefficient (Wildman–Crippen LogP) is 1.49. The van der Waals surface area contributed by atoms with Crippen molar-refractivity contribution in [3.05, 3.63) is 48.7 Å². The van der Waals surface area contributed by atoms with E-state index < -0.39 is 0 Å². The Bertz CT molecular complexity index is 749. The fourth-order valence-corrected chi connectivity index (χ4v) is 3.94. The minimum Gasteiger partial charge on any atom is -0.477 e. The Labute approximate surface area is 153 Å². The fraction of sp³-hybridized carbons (Fsp3) is 0.474. The lowest BCUT2D eigenvalue weighted by molar-refractivity contribution is -0.0697. The van der Waals surface area contributed by atoms with Crippen LogP contribution < -0.4 is 4.74 Å². The molecule has 26 heavy (non-hydrogen) atoms. The zero-order valence-corrected chi connectivity index (χ0v) is 14.9. The van der Waals surface area contributed by atoms with Crippen LogP contribution in [0.25, 0.3) is 0 Å². The first-order valence-electron chi connectivity index (χ1n) is 8.97. The van der Waals surface area contributed by atoms with Crippen molar-refractivity contribution in [2.75, 3.05) is 33.3 Å². The van der Waals surface area contributed by atoms with Gasteiger partial charge in [0.15, 0.2) is 0 Å². The summed E-state index contributed by atoms with van der Waals surface area (Å²) < 4.78 is 5.86. The summed E-state index contributed by atoms with van der Waals surface area (Å²) in [7, 11) is 2.15. The zero-order chi connectivity index (χ0) is 18.0.